The summed E-state index contributed by atoms with van der Waals surface area (Å²) in [6.45, 7) is 0.771. The summed E-state index contributed by atoms with van der Waals surface area (Å²) in [5, 5.41) is 10.1. The highest BCUT2D eigenvalue weighted by molar-refractivity contribution is 5.99. The first kappa shape index (κ1) is 23.6. The Kier molecular flexibility index (Phi) is 6.71. The Balaban J connectivity index is 1.30. The van der Waals surface area contributed by atoms with Gasteiger partial charge in [0, 0.05) is 43.5 Å². The number of likely N-dealkylation sites (N-methyl/N-ethyl adjacent to an activating group) is 1. The van der Waals surface area contributed by atoms with Gasteiger partial charge < -0.3 is 15.0 Å². The number of amides is 2. The van der Waals surface area contributed by atoms with E-state index >= 15 is 0 Å². The number of carbonyl (C=O) groups excluding carboxylic acids is 1. The molecule has 186 valence electrons. The molecule has 36 heavy (non-hydrogen) atoms. The number of ether oxygens (including phenoxy) is 1. The normalized spacial score (nSPS) is 15.6. The standard InChI is InChI=1S/C27H27F2N5O2/c1-33-12-10-24(11-13-33)36-23-8-6-21(7-9-23)30-27(35)31-26-17-25(18-4-2-3-5-18)32-34(26)22-15-19(28)14-20(29)16-22/h6-12,14-18H,2-5,13H2,1H3,(H2,30,31,35). The zero-order chi connectivity index (χ0) is 25.1. The lowest BCUT2D eigenvalue weighted by Crippen LogP contribution is -2.21. The van der Waals surface area contributed by atoms with Gasteiger partial charge in [0.25, 0.3) is 0 Å². The maximum atomic E-state index is 13.9. The number of carbonyl (C=O) groups is 1. The third-order valence-corrected chi connectivity index (χ3v) is 6.26. The van der Waals surface area contributed by atoms with Crippen molar-refractivity contribution in [3.8, 4) is 11.4 Å². The van der Waals surface area contributed by atoms with Crippen LogP contribution in [0.3, 0.4) is 0 Å². The van der Waals surface area contributed by atoms with Gasteiger partial charge >= 0.3 is 6.03 Å². The van der Waals surface area contributed by atoms with Crippen molar-refractivity contribution >= 4 is 17.5 Å². The third-order valence-electron chi connectivity index (χ3n) is 6.26. The first-order valence-electron chi connectivity index (χ1n) is 11.9. The molecule has 0 unspecified atom stereocenters. The molecule has 1 aliphatic heterocycles. The van der Waals surface area contributed by atoms with E-state index < -0.39 is 17.7 Å². The summed E-state index contributed by atoms with van der Waals surface area (Å²) in [6, 6.07) is 11.4. The Hall–Kier alpha value is -4.14. The van der Waals surface area contributed by atoms with E-state index in [0.717, 1.165) is 49.7 Å². The molecule has 0 atom stereocenters. The number of halogens is 2. The van der Waals surface area contributed by atoms with E-state index in [1.807, 2.05) is 30.3 Å². The molecule has 0 bridgehead atoms. The van der Waals surface area contributed by atoms with Gasteiger partial charge in [-0.05, 0) is 61.4 Å². The van der Waals surface area contributed by atoms with Crippen LogP contribution in [0.4, 0.5) is 25.1 Å². The van der Waals surface area contributed by atoms with Gasteiger partial charge in [0.15, 0.2) is 0 Å². The molecule has 0 radical (unpaired) electrons. The van der Waals surface area contributed by atoms with Crippen molar-refractivity contribution in [1.29, 1.82) is 0 Å². The van der Waals surface area contributed by atoms with Crippen LogP contribution in [0.25, 0.3) is 5.69 Å². The number of nitrogens with zero attached hydrogens (tertiary/aromatic N) is 3. The Bertz CT molecular complexity index is 1290. The highest BCUT2D eigenvalue weighted by atomic mass is 19.1. The molecule has 5 rings (SSSR count). The van der Waals surface area contributed by atoms with Crippen molar-refractivity contribution in [2.75, 3.05) is 24.2 Å². The van der Waals surface area contributed by atoms with Crippen LogP contribution in [0.2, 0.25) is 0 Å². The maximum Gasteiger partial charge on any atom is 0.324 e. The molecule has 2 N–H and O–H groups in total. The molecule has 2 aromatic carbocycles. The molecule has 2 aliphatic rings. The van der Waals surface area contributed by atoms with Crippen molar-refractivity contribution in [1.82, 2.24) is 14.7 Å². The Morgan fingerprint density at radius 2 is 1.75 bits per heavy atom. The largest absolute Gasteiger partial charge is 0.458 e. The van der Waals surface area contributed by atoms with Gasteiger partial charge in [-0.25, -0.2) is 18.3 Å². The van der Waals surface area contributed by atoms with Crippen LogP contribution in [0.15, 0.2) is 72.6 Å². The minimum Gasteiger partial charge on any atom is -0.458 e. The highest BCUT2D eigenvalue weighted by Gasteiger charge is 2.23. The van der Waals surface area contributed by atoms with E-state index in [4.69, 9.17) is 4.74 Å². The average molecular weight is 492 g/mol. The molecule has 2 amide bonds. The lowest BCUT2D eigenvalue weighted by atomic mass is 10.0. The van der Waals surface area contributed by atoms with Gasteiger partial charge in [-0.3, -0.25) is 5.32 Å². The molecular weight excluding hydrogens is 464 g/mol. The lowest BCUT2D eigenvalue weighted by molar-refractivity contribution is 0.262. The van der Waals surface area contributed by atoms with Gasteiger partial charge in [0.1, 0.15) is 29.0 Å². The Morgan fingerprint density at radius 3 is 2.42 bits per heavy atom. The predicted molar refractivity (Wildman–Crippen MR) is 134 cm³/mol. The van der Waals surface area contributed by atoms with E-state index in [1.165, 1.54) is 16.8 Å². The first-order valence-corrected chi connectivity index (χ1v) is 11.9. The molecule has 1 aromatic heterocycles. The summed E-state index contributed by atoms with van der Waals surface area (Å²) in [4.78, 5) is 14.8. The zero-order valence-corrected chi connectivity index (χ0v) is 19.9. The number of benzene rings is 2. The number of hydrogen-bond acceptors (Lipinski definition) is 4. The number of anilines is 2. The fourth-order valence-corrected chi connectivity index (χ4v) is 4.43. The maximum absolute atomic E-state index is 13.9. The molecule has 2 heterocycles. The van der Waals surface area contributed by atoms with Crippen molar-refractivity contribution in [2.45, 2.75) is 31.6 Å². The summed E-state index contributed by atoms with van der Waals surface area (Å²) >= 11 is 0. The van der Waals surface area contributed by atoms with Gasteiger partial charge in [0.2, 0.25) is 0 Å². The molecule has 1 fully saturated rings. The van der Waals surface area contributed by atoms with Crippen molar-refractivity contribution < 1.29 is 18.3 Å². The molecule has 0 saturated heterocycles. The second-order valence-electron chi connectivity index (χ2n) is 9.04. The number of rotatable bonds is 6. The summed E-state index contributed by atoms with van der Waals surface area (Å²) in [5.74, 6) is 0.565. The van der Waals surface area contributed by atoms with Crippen LogP contribution in [-0.2, 0) is 0 Å². The number of nitrogens with one attached hydrogen (secondary N) is 2. The van der Waals surface area contributed by atoms with Crippen molar-refractivity contribution in [2.24, 2.45) is 0 Å². The van der Waals surface area contributed by atoms with Crippen LogP contribution in [0, 0.1) is 11.6 Å². The monoisotopic (exact) mass is 491 g/mol. The van der Waals surface area contributed by atoms with Crippen molar-refractivity contribution in [3.05, 3.63) is 90.0 Å². The van der Waals surface area contributed by atoms with E-state index in [9.17, 15) is 13.6 Å². The number of hydrogen-bond donors (Lipinski definition) is 2. The van der Waals surface area contributed by atoms with Crippen LogP contribution < -0.4 is 15.4 Å². The topological polar surface area (TPSA) is 71.4 Å². The van der Waals surface area contributed by atoms with Crippen LogP contribution >= 0.6 is 0 Å². The van der Waals surface area contributed by atoms with Gasteiger partial charge in [-0.15, -0.1) is 0 Å². The highest BCUT2D eigenvalue weighted by Crippen LogP contribution is 2.35. The van der Waals surface area contributed by atoms with Gasteiger partial charge in [-0.1, -0.05) is 12.8 Å². The number of urea groups is 1. The van der Waals surface area contributed by atoms with E-state index in [1.54, 1.807) is 30.3 Å². The molecule has 0 spiro atoms. The smallest absolute Gasteiger partial charge is 0.324 e. The fraction of sp³-hybridized carbons (Fsp3) is 0.259. The number of aromatic nitrogens is 2. The summed E-state index contributed by atoms with van der Waals surface area (Å²) in [6.07, 6.45) is 10.0. The minimum atomic E-state index is -0.716. The van der Waals surface area contributed by atoms with Gasteiger partial charge in [0.05, 0.1) is 11.4 Å². The Labute approximate surface area is 208 Å². The summed E-state index contributed by atoms with van der Waals surface area (Å²) in [5.41, 5.74) is 1.56. The molecule has 7 nitrogen and oxygen atoms in total. The SMILES string of the molecule is CN1C=CC(Oc2ccc(NC(=O)Nc3cc(C4CCCC4)nn3-c3cc(F)cc(F)c3)cc2)=CC1. The lowest BCUT2D eigenvalue weighted by Gasteiger charge is -2.17. The van der Waals surface area contributed by atoms with Crippen LogP contribution in [0.1, 0.15) is 37.3 Å². The van der Waals surface area contributed by atoms with Gasteiger partial charge in [-0.2, -0.15) is 5.10 Å². The predicted octanol–water partition coefficient (Wildman–Crippen LogP) is 6.17. The molecule has 1 aliphatic carbocycles. The van der Waals surface area contributed by atoms with E-state index in [-0.39, 0.29) is 11.6 Å². The van der Waals surface area contributed by atoms with Crippen molar-refractivity contribution in [3.63, 3.8) is 0 Å². The first-order chi connectivity index (χ1) is 17.4. The molecular formula is C27H27F2N5O2. The Morgan fingerprint density at radius 1 is 1.03 bits per heavy atom. The fourth-order valence-electron chi connectivity index (χ4n) is 4.43. The van der Waals surface area contributed by atoms with Crippen LogP contribution in [-0.4, -0.2) is 34.3 Å². The molecule has 3 aromatic rings. The molecule has 9 heteroatoms. The minimum absolute atomic E-state index is 0.200. The summed E-state index contributed by atoms with van der Waals surface area (Å²) in [7, 11) is 1.98. The van der Waals surface area contributed by atoms with E-state index in [0.29, 0.717) is 17.3 Å². The number of allylic oxidation sites excluding steroid dienone is 1. The quantitative estimate of drug-likeness (QED) is 0.432. The van der Waals surface area contributed by atoms with E-state index in [2.05, 4.69) is 15.7 Å². The zero-order valence-electron chi connectivity index (χ0n) is 19.9. The second kappa shape index (κ2) is 10.2. The van der Waals surface area contributed by atoms with Crippen LogP contribution in [0.5, 0.6) is 5.75 Å². The average Bonchev–Trinajstić information content (AvgIpc) is 3.51. The summed E-state index contributed by atoms with van der Waals surface area (Å²) < 4.78 is 35.0. The third kappa shape index (κ3) is 5.56. The second-order valence-corrected chi connectivity index (χ2v) is 9.04. The molecule has 1 saturated carbocycles.